The van der Waals surface area contributed by atoms with Crippen LogP contribution in [0.4, 0.5) is 4.79 Å². The average Bonchev–Trinajstić information content (AvgIpc) is 2.98. The number of esters is 1. The smallest absolute Gasteiger partial charge is 0.408 e. The lowest BCUT2D eigenvalue weighted by molar-refractivity contribution is -0.159. The van der Waals surface area contributed by atoms with Gasteiger partial charge in [-0.3, -0.25) is 9.59 Å². The van der Waals surface area contributed by atoms with Crippen LogP contribution in [0, 0.1) is 6.92 Å². The molecule has 2 N–H and O–H groups in total. The van der Waals surface area contributed by atoms with E-state index in [-0.39, 0.29) is 12.8 Å². The summed E-state index contributed by atoms with van der Waals surface area (Å²) < 4.78 is 11.3. The fourth-order valence-electron chi connectivity index (χ4n) is 5.47. The molecule has 9 nitrogen and oxygen atoms in total. The zero-order valence-corrected chi connectivity index (χ0v) is 30.6. The van der Waals surface area contributed by atoms with E-state index >= 15 is 0 Å². The summed E-state index contributed by atoms with van der Waals surface area (Å²) in [5.74, 6) is -1.63. The average molecular weight is 672 g/mol. The number of hydrogen-bond donors (Lipinski definition) is 2. The van der Waals surface area contributed by atoms with Gasteiger partial charge in [0.25, 0.3) is 0 Å². The van der Waals surface area contributed by atoms with Crippen LogP contribution < -0.4 is 10.6 Å². The van der Waals surface area contributed by atoms with Crippen molar-refractivity contribution >= 4 is 23.9 Å². The largest absolute Gasteiger partial charge is 0.458 e. The van der Waals surface area contributed by atoms with Crippen molar-refractivity contribution in [2.45, 2.75) is 117 Å². The van der Waals surface area contributed by atoms with Gasteiger partial charge >= 0.3 is 12.1 Å². The van der Waals surface area contributed by atoms with Gasteiger partial charge in [0.2, 0.25) is 11.8 Å². The second-order valence-corrected chi connectivity index (χ2v) is 15.3. The van der Waals surface area contributed by atoms with E-state index in [1.54, 1.807) is 47.6 Å². The lowest BCUT2D eigenvalue weighted by Crippen LogP contribution is -2.60. The van der Waals surface area contributed by atoms with Crippen molar-refractivity contribution in [2.24, 2.45) is 0 Å². The first kappa shape index (κ1) is 38.8. The van der Waals surface area contributed by atoms with Gasteiger partial charge < -0.3 is 25.0 Å². The van der Waals surface area contributed by atoms with Crippen LogP contribution in [0.15, 0.2) is 84.9 Å². The maximum Gasteiger partial charge on any atom is 0.408 e. The molecule has 3 atom stereocenters. The second kappa shape index (κ2) is 16.2. The molecule has 0 aliphatic rings. The fraction of sp³-hybridized carbons (Fsp3) is 0.450. The number of rotatable bonds is 11. The van der Waals surface area contributed by atoms with Gasteiger partial charge in [0, 0.05) is 18.4 Å². The number of carbonyl (C=O) groups excluding carboxylic acids is 4. The van der Waals surface area contributed by atoms with Crippen molar-refractivity contribution in [1.82, 2.24) is 15.5 Å². The van der Waals surface area contributed by atoms with Crippen molar-refractivity contribution < 1.29 is 28.7 Å². The summed E-state index contributed by atoms with van der Waals surface area (Å²) in [6.07, 6.45) is -0.412. The van der Waals surface area contributed by atoms with Crippen molar-refractivity contribution in [3.63, 3.8) is 0 Å². The highest BCUT2D eigenvalue weighted by Gasteiger charge is 2.43. The van der Waals surface area contributed by atoms with E-state index < -0.39 is 58.7 Å². The molecule has 0 fully saturated rings. The highest BCUT2D eigenvalue weighted by molar-refractivity contribution is 5.94. The van der Waals surface area contributed by atoms with Gasteiger partial charge in [-0.05, 0) is 91.5 Å². The van der Waals surface area contributed by atoms with E-state index in [1.165, 1.54) is 4.90 Å². The maximum absolute atomic E-state index is 14.9. The first-order valence-electron chi connectivity index (χ1n) is 16.7. The first-order valence-corrected chi connectivity index (χ1v) is 16.7. The summed E-state index contributed by atoms with van der Waals surface area (Å²) in [5.41, 5.74) is 0.495. The fourth-order valence-corrected chi connectivity index (χ4v) is 5.47. The molecule has 0 bridgehead atoms. The Balaban J connectivity index is 2.14. The van der Waals surface area contributed by atoms with Crippen LogP contribution in [0.5, 0.6) is 0 Å². The highest BCUT2D eigenvalue weighted by Crippen LogP contribution is 2.32. The molecule has 0 saturated heterocycles. The van der Waals surface area contributed by atoms with Gasteiger partial charge in [0.1, 0.15) is 29.3 Å². The van der Waals surface area contributed by atoms with Crippen LogP contribution in [-0.4, -0.2) is 57.6 Å². The van der Waals surface area contributed by atoms with Crippen molar-refractivity contribution in [3.8, 4) is 0 Å². The van der Waals surface area contributed by atoms with Gasteiger partial charge in [-0.2, -0.15) is 0 Å². The van der Waals surface area contributed by atoms with Crippen LogP contribution in [-0.2, 0) is 36.7 Å². The number of nitrogens with zero attached hydrogens (tertiary/aromatic N) is 1. The minimum Gasteiger partial charge on any atom is -0.458 e. The lowest BCUT2D eigenvalue weighted by Gasteiger charge is -2.43. The number of alkyl carbamates (subject to hydrolysis) is 1. The molecule has 49 heavy (non-hydrogen) atoms. The van der Waals surface area contributed by atoms with Crippen molar-refractivity contribution in [2.75, 3.05) is 0 Å². The number of amides is 3. The van der Waals surface area contributed by atoms with E-state index in [0.717, 1.165) is 16.7 Å². The van der Waals surface area contributed by atoms with Gasteiger partial charge in [0.15, 0.2) is 0 Å². The van der Waals surface area contributed by atoms with Crippen LogP contribution in [0.2, 0.25) is 0 Å². The molecule has 264 valence electrons. The molecule has 0 aromatic heterocycles. The van der Waals surface area contributed by atoms with Crippen LogP contribution in [0.3, 0.4) is 0 Å². The molecule has 3 aromatic rings. The summed E-state index contributed by atoms with van der Waals surface area (Å²) in [6.45, 7) is 17.9. The summed E-state index contributed by atoms with van der Waals surface area (Å²) >= 11 is 0. The molecule has 0 saturated carbocycles. The third-order valence-electron chi connectivity index (χ3n) is 7.51. The third-order valence-corrected chi connectivity index (χ3v) is 7.51. The van der Waals surface area contributed by atoms with E-state index in [9.17, 15) is 19.2 Å². The van der Waals surface area contributed by atoms with Crippen LogP contribution in [0.1, 0.15) is 90.6 Å². The molecule has 3 aromatic carbocycles. The number of carbonyl (C=O) groups is 4. The molecule has 0 spiro atoms. The Kier molecular flexibility index (Phi) is 12.8. The van der Waals surface area contributed by atoms with Gasteiger partial charge in [-0.15, -0.1) is 0 Å². The molecule has 3 unspecified atom stereocenters. The molecule has 3 rings (SSSR count). The zero-order chi connectivity index (χ0) is 36.6. The summed E-state index contributed by atoms with van der Waals surface area (Å²) in [5, 5.41) is 5.76. The number of ether oxygens (including phenoxy) is 2. The van der Waals surface area contributed by atoms with Gasteiger partial charge in [-0.25, -0.2) is 9.59 Å². The standard InChI is InChI=1S/C40H53N3O6/c1-27-19-17-18-24-30(27)33(34(44)41-32(36(46)48-39(5,6)7)26-29-22-15-12-16-23-29)43(38(2,3)4)35(45)31(25-28-20-13-11-14-21-28)42-37(47)49-40(8,9)10/h11-24,31-33H,25-26H2,1-10H3,(H,41,44)(H,42,47). The number of benzene rings is 3. The Bertz CT molecular complexity index is 1570. The zero-order valence-electron chi connectivity index (χ0n) is 30.6. The number of nitrogens with one attached hydrogen (secondary N) is 2. The van der Waals surface area contributed by atoms with Crippen LogP contribution in [0.25, 0.3) is 0 Å². The molecule has 0 heterocycles. The molecule has 9 heteroatoms. The molecule has 3 amide bonds. The predicted molar refractivity (Wildman–Crippen MR) is 192 cm³/mol. The van der Waals surface area contributed by atoms with Gasteiger partial charge in [0.05, 0.1) is 0 Å². The summed E-state index contributed by atoms with van der Waals surface area (Å²) in [6, 6.07) is 22.8. The molecular formula is C40H53N3O6. The first-order chi connectivity index (χ1) is 22.7. The molecule has 0 aliphatic heterocycles. The maximum atomic E-state index is 14.9. The van der Waals surface area contributed by atoms with E-state index in [0.29, 0.717) is 5.56 Å². The quantitative estimate of drug-likeness (QED) is 0.215. The highest BCUT2D eigenvalue weighted by atomic mass is 16.6. The summed E-state index contributed by atoms with van der Waals surface area (Å²) in [7, 11) is 0. The molecular weight excluding hydrogens is 618 g/mol. The van der Waals surface area contributed by atoms with Gasteiger partial charge in [-0.1, -0.05) is 84.9 Å². The number of hydrogen-bond acceptors (Lipinski definition) is 6. The Labute approximate surface area is 291 Å². The van der Waals surface area contributed by atoms with Crippen LogP contribution >= 0.6 is 0 Å². The van der Waals surface area contributed by atoms with E-state index in [4.69, 9.17) is 9.47 Å². The van der Waals surface area contributed by atoms with E-state index in [1.807, 2.05) is 107 Å². The second-order valence-electron chi connectivity index (χ2n) is 15.3. The van der Waals surface area contributed by atoms with Crippen molar-refractivity contribution in [3.05, 3.63) is 107 Å². The SMILES string of the molecule is Cc1ccccc1C(C(=O)NC(Cc1ccccc1)C(=O)OC(C)(C)C)N(C(=O)C(Cc1ccccc1)NC(=O)OC(C)(C)C)C(C)(C)C. The summed E-state index contributed by atoms with van der Waals surface area (Å²) in [4.78, 5) is 57.9. The molecule has 0 radical (unpaired) electrons. The Morgan fingerprint density at radius 1 is 0.633 bits per heavy atom. The Morgan fingerprint density at radius 2 is 1.10 bits per heavy atom. The minimum absolute atomic E-state index is 0.155. The Morgan fingerprint density at radius 3 is 1.57 bits per heavy atom. The Hall–Kier alpha value is -4.66. The lowest BCUT2D eigenvalue weighted by atomic mass is 9.92. The monoisotopic (exact) mass is 671 g/mol. The predicted octanol–water partition coefficient (Wildman–Crippen LogP) is 6.87. The van der Waals surface area contributed by atoms with E-state index in [2.05, 4.69) is 10.6 Å². The third kappa shape index (κ3) is 12.1. The normalized spacial score (nSPS) is 13.8. The topological polar surface area (TPSA) is 114 Å². The van der Waals surface area contributed by atoms with Crippen molar-refractivity contribution in [1.29, 1.82) is 0 Å². The minimum atomic E-state index is -1.17. The molecule has 0 aliphatic carbocycles. The number of aryl methyl sites for hydroxylation is 1.